The maximum Gasteiger partial charge on any atom is 0.225 e. The average molecular weight is 308 g/mol. The Labute approximate surface area is 127 Å². The molecule has 0 amide bonds. The molecule has 2 N–H and O–H groups in total. The van der Waals surface area contributed by atoms with E-state index < -0.39 is 0 Å². The smallest absolute Gasteiger partial charge is 0.225 e. The number of aryl methyl sites for hydroxylation is 1. The third kappa shape index (κ3) is 2.72. The fraction of sp³-hybridized carbons (Fsp3) is 0.571. The number of anilines is 2. The Kier molecular flexibility index (Phi) is 3.77. The lowest BCUT2D eigenvalue weighted by atomic mass is 10.1. The van der Waals surface area contributed by atoms with Crippen molar-refractivity contribution in [2.24, 2.45) is 0 Å². The lowest BCUT2D eigenvalue weighted by Crippen LogP contribution is -2.27. The van der Waals surface area contributed by atoms with Crippen LogP contribution in [0, 0.1) is 6.92 Å². The average Bonchev–Trinajstić information content (AvgIpc) is 3.01. The maximum atomic E-state index is 4.59. The summed E-state index contributed by atoms with van der Waals surface area (Å²) in [6.07, 6.45) is 2.60. The highest BCUT2D eigenvalue weighted by Gasteiger charge is 2.29. The summed E-state index contributed by atoms with van der Waals surface area (Å²) >= 11 is 3.78. The highest BCUT2D eigenvalue weighted by atomic mass is 32.2. The van der Waals surface area contributed by atoms with Gasteiger partial charge in [0, 0.05) is 23.2 Å². The minimum Gasteiger partial charge on any atom is -0.368 e. The molecule has 1 fully saturated rings. The number of aromatic nitrogens is 2. The molecule has 3 rings (SSSR count). The van der Waals surface area contributed by atoms with E-state index in [1.807, 2.05) is 7.05 Å². The van der Waals surface area contributed by atoms with Gasteiger partial charge in [-0.25, -0.2) is 4.98 Å². The fourth-order valence-corrected chi connectivity index (χ4v) is 4.66. The quantitative estimate of drug-likeness (QED) is 0.901. The molecule has 0 aromatic carbocycles. The van der Waals surface area contributed by atoms with Crippen LogP contribution in [0.15, 0.2) is 6.07 Å². The third-order valence-electron chi connectivity index (χ3n) is 3.67. The van der Waals surface area contributed by atoms with E-state index in [0.29, 0.717) is 10.7 Å². The van der Waals surface area contributed by atoms with Crippen LogP contribution in [0.2, 0.25) is 0 Å². The summed E-state index contributed by atoms with van der Waals surface area (Å²) in [4.78, 5) is 11.4. The molecule has 20 heavy (non-hydrogen) atoms. The minimum absolute atomic E-state index is 0.335. The van der Waals surface area contributed by atoms with Gasteiger partial charge in [-0.1, -0.05) is 0 Å². The molecule has 0 spiro atoms. The SMILES string of the molecule is CNc1nc(NCC2(C)CCCS2)c2cc(C)sc2n1. The molecule has 6 heteroatoms. The molecule has 0 aliphatic carbocycles. The van der Waals surface area contributed by atoms with Gasteiger partial charge in [0.05, 0.1) is 5.39 Å². The lowest BCUT2D eigenvalue weighted by molar-refractivity contribution is 0.634. The molecule has 2 aromatic heterocycles. The Balaban J connectivity index is 1.89. The molecule has 4 nitrogen and oxygen atoms in total. The summed E-state index contributed by atoms with van der Waals surface area (Å²) in [7, 11) is 1.86. The van der Waals surface area contributed by atoms with Gasteiger partial charge in [0.25, 0.3) is 0 Å². The number of nitrogens with zero attached hydrogens (tertiary/aromatic N) is 2. The Morgan fingerprint density at radius 1 is 1.40 bits per heavy atom. The molecule has 2 aromatic rings. The van der Waals surface area contributed by atoms with Crippen LogP contribution in [0.25, 0.3) is 10.2 Å². The zero-order chi connectivity index (χ0) is 14.2. The highest BCUT2D eigenvalue weighted by Crippen LogP contribution is 2.38. The summed E-state index contributed by atoms with van der Waals surface area (Å²) in [6.45, 7) is 5.42. The van der Waals surface area contributed by atoms with Crippen molar-refractivity contribution in [3.63, 3.8) is 0 Å². The fourth-order valence-electron chi connectivity index (χ4n) is 2.54. The molecular weight excluding hydrogens is 288 g/mol. The molecule has 1 saturated heterocycles. The molecule has 3 heterocycles. The van der Waals surface area contributed by atoms with Crippen molar-refractivity contribution < 1.29 is 0 Å². The normalized spacial score (nSPS) is 22.4. The molecular formula is C14H20N4S2. The second-order valence-electron chi connectivity index (χ2n) is 5.48. The van der Waals surface area contributed by atoms with E-state index in [1.54, 1.807) is 11.3 Å². The standard InChI is InChI=1S/C14H20N4S2/c1-9-7-10-11(16-8-14(2)5-4-6-19-14)17-13(15-3)18-12(10)20-9/h7H,4-6,8H2,1-3H3,(H2,15,16,17,18). The number of hydrogen-bond acceptors (Lipinski definition) is 6. The first-order valence-electron chi connectivity index (χ1n) is 6.93. The van der Waals surface area contributed by atoms with Crippen LogP contribution in [0.1, 0.15) is 24.6 Å². The van der Waals surface area contributed by atoms with Gasteiger partial charge in [-0.05, 0) is 38.5 Å². The first-order valence-corrected chi connectivity index (χ1v) is 8.74. The van der Waals surface area contributed by atoms with Crippen molar-refractivity contribution in [3.8, 4) is 0 Å². The number of thiophene rings is 1. The van der Waals surface area contributed by atoms with Gasteiger partial charge < -0.3 is 10.6 Å². The van der Waals surface area contributed by atoms with Crippen LogP contribution in [0.5, 0.6) is 0 Å². The zero-order valence-corrected chi connectivity index (χ0v) is 13.7. The maximum absolute atomic E-state index is 4.59. The van der Waals surface area contributed by atoms with Crippen molar-refractivity contribution in [2.75, 3.05) is 30.0 Å². The molecule has 0 bridgehead atoms. The van der Waals surface area contributed by atoms with Gasteiger partial charge in [0.2, 0.25) is 5.95 Å². The van der Waals surface area contributed by atoms with E-state index in [4.69, 9.17) is 0 Å². The van der Waals surface area contributed by atoms with Crippen molar-refractivity contribution >= 4 is 45.1 Å². The summed E-state index contributed by atoms with van der Waals surface area (Å²) in [6, 6.07) is 2.17. The van der Waals surface area contributed by atoms with Crippen LogP contribution in [0.4, 0.5) is 11.8 Å². The van der Waals surface area contributed by atoms with Gasteiger partial charge >= 0.3 is 0 Å². The summed E-state index contributed by atoms with van der Waals surface area (Å²) < 4.78 is 0.335. The number of thioether (sulfide) groups is 1. The highest BCUT2D eigenvalue weighted by molar-refractivity contribution is 8.00. The second-order valence-corrected chi connectivity index (χ2v) is 8.39. The van der Waals surface area contributed by atoms with E-state index in [-0.39, 0.29) is 0 Å². The largest absolute Gasteiger partial charge is 0.368 e. The number of nitrogens with one attached hydrogen (secondary N) is 2. The molecule has 1 unspecified atom stereocenters. The Morgan fingerprint density at radius 3 is 2.95 bits per heavy atom. The van der Waals surface area contributed by atoms with E-state index in [1.165, 1.54) is 23.5 Å². The van der Waals surface area contributed by atoms with Crippen LogP contribution in [-0.4, -0.2) is 34.1 Å². The number of fused-ring (bicyclic) bond motifs is 1. The summed E-state index contributed by atoms with van der Waals surface area (Å²) in [5.74, 6) is 2.92. The van der Waals surface area contributed by atoms with Crippen molar-refractivity contribution in [1.82, 2.24) is 9.97 Å². The predicted octanol–water partition coefficient (Wildman–Crippen LogP) is 3.74. The first-order chi connectivity index (χ1) is 9.59. The molecule has 0 radical (unpaired) electrons. The van der Waals surface area contributed by atoms with Crippen molar-refractivity contribution in [1.29, 1.82) is 0 Å². The minimum atomic E-state index is 0.335. The van der Waals surface area contributed by atoms with Gasteiger partial charge in [0.15, 0.2) is 0 Å². The molecule has 1 aliphatic rings. The predicted molar refractivity (Wildman–Crippen MR) is 90.3 cm³/mol. The van der Waals surface area contributed by atoms with Gasteiger partial charge in [-0.3, -0.25) is 0 Å². The number of hydrogen-bond donors (Lipinski definition) is 2. The van der Waals surface area contributed by atoms with Crippen LogP contribution >= 0.6 is 23.1 Å². The van der Waals surface area contributed by atoms with Gasteiger partial charge in [0.1, 0.15) is 10.6 Å². The van der Waals surface area contributed by atoms with Gasteiger partial charge in [-0.15, -0.1) is 11.3 Å². The van der Waals surface area contributed by atoms with E-state index in [2.05, 4.69) is 52.3 Å². The van der Waals surface area contributed by atoms with Crippen LogP contribution in [0.3, 0.4) is 0 Å². The molecule has 1 atom stereocenters. The summed E-state index contributed by atoms with van der Waals surface area (Å²) in [5.41, 5.74) is 0. The van der Waals surface area contributed by atoms with Crippen LogP contribution < -0.4 is 10.6 Å². The Morgan fingerprint density at radius 2 is 2.25 bits per heavy atom. The third-order valence-corrected chi connectivity index (χ3v) is 6.15. The second kappa shape index (κ2) is 5.41. The Bertz CT molecular complexity index is 617. The zero-order valence-electron chi connectivity index (χ0n) is 12.1. The van der Waals surface area contributed by atoms with Crippen LogP contribution in [-0.2, 0) is 0 Å². The monoisotopic (exact) mass is 308 g/mol. The molecule has 108 valence electrons. The molecule has 1 aliphatic heterocycles. The van der Waals surface area contributed by atoms with Gasteiger partial charge in [-0.2, -0.15) is 16.7 Å². The first kappa shape index (κ1) is 13.9. The Hall–Kier alpha value is -1.01. The number of rotatable bonds is 4. The van der Waals surface area contributed by atoms with E-state index in [9.17, 15) is 0 Å². The lowest BCUT2D eigenvalue weighted by Gasteiger charge is -2.23. The van der Waals surface area contributed by atoms with Crippen molar-refractivity contribution in [2.45, 2.75) is 31.4 Å². The topological polar surface area (TPSA) is 49.8 Å². The summed E-state index contributed by atoms with van der Waals surface area (Å²) in [5, 5.41) is 7.74. The van der Waals surface area contributed by atoms with Crippen molar-refractivity contribution in [3.05, 3.63) is 10.9 Å². The molecule has 0 saturated carbocycles. The van der Waals surface area contributed by atoms with E-state index >= 15 is 0 Å². The van der Waals surface area contributed by atoms with E-state index in [0.717, 1.165) is 22.6 Å².